The number of carbonyl (C=O) groups excluding carboxylic acids is 3. The summed E-state index contributed by atoms with van der Waals surface area (Å²) in [6.45, 7) is -0.315. The number of ether oxygens (including phenoxy) is 4. The molecule has 4 aromatic rings. The zero-order valence-corrected chi connectivity index (χ0v) is 21.2. The number of benzene rings is 3. The Hall–Kier alpha value is -5.18. The first-order valence-electron chi connectivity index (χ1n) is 12.8. The van der Waals surface area contributed by atoms with E-state index in [0.29, 0.717) is 57.8 Å². The van der Waals surface area contributed by atoms with Crippen LogP contribution in [0.3, 0.4) is 0 Å². The Morgan fingerprint density at radius 3 is 2.73 bits per heavy atom. The SMILES string of the molecule is O=C1COc2ccc(C(=O)COC(=O)c3c4c(nc5ccccc35)C(=Cc3ccc5c(c3)OCO5)CC4)cc2N1. The molecular formula is C31H22N2O7. The van der Waals surface area contributed by atoms with E-state index < -0.39 is 18.4 Å². The van der Waals surface area contributed by atoms with Gasteiger partial charge < -0.3 is 24.3 Å². The van der Waals surface area contributed by atoms with Gasteiger partial charge in [0, 0.05) is 10.9 Å². The minimum atomic E-state index is -0.581. The number of anilines is 1. The van der Waals surface area contributed by atoms with Gasteiger partial charge in [0.15, 0.2) is 30.5 Å². The smallest absolute Gasteiger partial charge is 0.339 e. The van der Waals surface area contributed by atoms with Crippen molar-refractivity contribution in [3.63, 3.8) is 0 Å². The molecule has 0 spiro atoms. The average molecular weight is 535 g/mol. The number of allylic oxidation sites excluding steroid dienone is 1. The van der Waals surface area contributed by atoms with Gasteiger partial charge in [-0.25, -0.2) is 9.78 Å². The van der Waals surface area contributed by atoms with Gasteiger partial charge in [-0.05, 0) is 72.0 Å². The minimum Gasteiger partial charge on any atom is -0.482 e. The van der Waals surface area contributed by atoms with Crippen LogP contribution >= 0.6 is 0 Å². The third kappa shape index (κ3) is 4.21. The van der Waals surface area contributed by atoms with E-state index in [9.17, 15) is 14.4 Å². The number of aromatic nitrogens is 1. The molecule has 0 bridgehead atoms. The Labute approximate surface area is 228 Å². The van der Waals surface area contributed by atoms with Crippen molar-refractivity contribution >= 4 is 45.9 Å². The second-order valence-electron chi connectivity index (χ2n) is 9.66. The molecule has 40 heavy (non-hydrogen) atoms. The molecule has 9 heteroatoms. The minimum absolute atomic E-state index is 0.0737. The monoisotopic (exact) mass is 534 g/mol. The Morgan fingerprint density at radius 2 is 1.80 bits per heavy atom. The first kappa shape index (κ1) is 23.9. The quantitative estimate of drug-likeness (QED) is 0.286. The molecule has 7 rings (SSSR count). The standard InChI is InChI=1S/C31H22N2O7/c34-24(18-7-10-25-23(13-18)32-28(35)15-37-25)14-38-31(36)29-20-3-1-2-4-22(20)33-30-19(6-8-21(29)30)11-17-5-9-26-27(12-17)40-16-39-26/h1-5,7,9-13H,6,8,14-16H2,(H,32,35). The van der Waals surface area contributed by atoms with E-state index in [2.05, 4.69) is 5.32 Å². The largest absolute Gasteiger partial charge is 0.482 e. The molecule has 0 saturated carbocycles. The highest BCUT2D eigenvalue weighted by Gasteiger charge is 2.28. The average Bonchev–Trinajstić information content (AvgIpc) is 3.60. The molecule has 9 nitrogen and oxygen atoms in total. The summed E-state index contributed by atoms with van der Waals surface area (Å²) in [7, 11) is 0. The van der Waals surface area contributed by atoms with E-state index in [0.717, 1.165) is 22.4 Å². The van der Waals surface area contributed by atoms with Gasteiger partial charge in [0.1, 0.15) is 5.75 Å². The summed E-state index contributed by atoms with van der Waals surface area (Å²) in [5.74, 6) is 0.620. The lowest BCUT2D eigenvalue weighted by molar-refractivity contribution is -0.118. The number of pyridine rings is 1. The van der Waals surface area contributed by atoms with Gasteiger partial charge >= 0.3 is 5.97 Å². The number of Topliss-reactive ketones (excluding diaryl/α,β-unsaturated/α-hetero) is 1. The van der Waals surface area contributed by atoms with Crippen LogP contribution in [0.5, 0.6) is 17.2 Å². The number of para-hydroxylation sites is 1. The highest BCUT2D eigenvalue weighted by atomic mass is 16.7. The normalized spacial score (nSPS) is 15.8. The van der Waals surface area contributed by atoms with E-state index in [1.54, 1.807) is 12.1 Å². The Balaban J connectivity index is 1.18. The number of hydrogen-bond donors (Lipinski definition) is 1. The molecule has 3 aromatic carbocycles. The van der Waals surface area contributed by atoms with Crippen LogP contribution in [0.15, 0.2) is 60.7 Å². The number of carbonyl (C=O) groups is 3. The second kappa shape index (κ2) is 9.53. The molecule has 0 atom stereocenters. The lowest BCUT2D eigenvalue weighted by atomic mass is 10.0. The Bertz CT molecular complexity index is 1780. The van der Waals surface area contributed by atoms with E-state index in [1.165, 1.54) is 6.07 Å². The van der Waals surface area contributed by atoms with Crippen molar-refractivity contribution in [2.24, 2.45) is 0 Å². The van der Waals surface area contributed by atoms with Gasteiger partial charge in [0.05, 0.1) is 22.5 Å². The first-order chi connectivity index (χ1) is 19.5. The number of fused-ring (bicyclic) bond motifs is 4. The van der Waals surface area contributed by atoms with Gasteiger partial charge in [0.25, 0.3) is 5.91 Å². The van der Waals surface area contributed by atoms with Crippen LogP contribution in [0, 0.1) is 0 Å². The molecule has 1 amide bonds. The number of nitrogens with zero attached hydrogens (tertiary/aromatic N) is 1. The fourth-order valence-electron chi connectivity index (χ4n) is 5.26. The number of ketones is 1. The molecule has 1 N–H and O–H groups in total. The summed E-state index contributed by atoms with van der Waals surface area (Å²) in [6, 6.07) is 17.9. The number of nitrogens with one attached hydrogen (secondary N) is 1. The molecular weight excluding hydrogens is 512 g/mol. The third-order valence-electron chi connectivity index (χ3n) is 7.15. The maximum absolute atomic E-state index is 13.5. The number of rotatable bonds is 5. The molecule has 3 aliphatic rings. The van der Waals surface area contributed by atoms with Gasteiger partial charge in [-0.2, -0.15) is 0 Å². The van der Waals surface area contributed by atoms with E-state index >= 15 is 0 Å². The highest BCUT2D eigenvalue weighted by Crippen LogP contribution is 2.39. The topological polar surface area (TPSA) is 113 Å². The molecule has 0 saturated heterocycles. The summed E-state index contributed by atoms with van der Waals surface area (Å²) in [5, 5.41) is 3.36. The first-order valence-corrected chi connectivity index (χ1v) is 12.8. The summed E-state index contributed by atoms with van der Waals surface area (Å²) in [5.41, 5.74) is 5.31. The van der Waals surface area contributed by atoms with Crippen LogP contribution in [0.1, 0.15) is 44.0 Å². The zero-order chi connectivity index (χ0) is 27.2. The molecule has 1 aliphatic carbocycles. The third-order valence-corrected chi connectivity index (χ3v) is 7.15. The molecule has 0 radical (unpaired) electrons. The van der Waals surface area contributed by atoms with Crippen LogP contribution in [0.4, 0.5) is 5.69 Å². The Kier molecular flexibility index (Phi) is 5.70. The fraction of sp³-hybridized carbons (Fsp3) is 0.161. The van der Waals surface area contributed by atoms with Crippen molar-refractivity contribution in [1.82, 2.24) is 4.98 Å². The van der Waals surface area contributed by atoms with Crippen molar-refractivity contribution in [3.8, 4) is 17.2 Å². The molecule has 1 aromatic heterocycles. The van der Waals surface area contributed by atoms with Crippen molar-refractivity contribution in [2.45, 2.75) is 12.8 Å². The number of esters is 1. The summed E-state index contributed by atoms with van der Waals surface area (Å²) < 4.78 is 21.8. The molecule has 198 valence electrons. The maximum Gasteiger partial charge on any atom is 0.339 e. The van der Waals surface area contributed by atoms with E-state index in [-0.39, 0.29) is 19.3 Å². The van der Waals surface area contributed by atoms with E-state index in [1.807, 2.05) is 48.5 Å². The van der Waals surface area contributed by atoms with Crippen molar-refractivity contribution in [1.29, 1.82) is 0 Å². The van der Waals surface area contributed by atoms with Crippen LogP contribution in [-0.2, 0) is 16.0 Å². The van der Waals surface area contributed by atoms with Crippen molar-refractivity contribution < 1.29 is 33.3 Å². The molecule has 2 aliphatic heterocycles. The van der Waals surface area contributed by atoms with Gasteiger partial charge in [-0.1, -0.05) is 24.3 Å². The fourth-order valence-corrected chi connectivity index (χ4v) is 5.26. The summed E-state index contributed by atoms with van der Waals surface area (Å²) in [6.07, 6.45) is 3.37. The van der Waals surface area contributed by atoms with Crippen LogP contribution in [0.2, 0.25) is 0 Å². The van der Waals surface area contributed by atoms with Crippen molar-refractivity contribution in [3.05, 3.63) is 88.6 Å². The number of hydrogen-bond acceptors (Lipinski definition) is 8. The predicted octanol–water partition coefficient (Wildman–Crippen LogP) is 4.82. The number of amides is 1. The lowest BCUT2D eigenvalue weighted by Gasteiger charge is -2.18. The van der Waals surface area contributed by atoms with Crippen LogP contribution in [0.25, 0.3) is 22.6 Å². The van der Waals surface area contributed by atoms with Crippen molar-refractivity contribution in [2.75, 3.05) is 25.3 Å². The molecule has 3 heterocycles. The van der Waals surface area contributed by atoms with Gasteiger partial charge in [0.2, 0.25) is 6.79 Å². The van der Waals surface area contributed by atoms with Crippen LogP contribution < -0.4 is 19.5 Å². The van der Waals surface area contributed by atoms with Gasteiger partial charge in [-0.15, -0.1) is 0 Å². The lowest BCUT2D eigenvalue weighted by Crippen LogP contribution is -2.25. The van der Waals surface area contributed by atoms with Crippen LogP contribution in [-0.4, -0.2) is 42.7 Å². The Morgan fingerprint density at radius 1 is 0.950 bits per heavy atom. The second-order valence-corrected chi connectivity index (χ2v) is 9.66. The highest BCUT2D eigenvalue weighted by molar-refractivity contribution is 6.08. The van der Waals surface area contributed by atoms with E-state index in [4.69, 9.17) is 23.9 Å². The molecule has 0 fully saturated rings. The zero-order valence-electron chi connectivity index (χ0n) is 21.2. The molecule has 0 unspecified atom stereocenters. The summed E-state index contributed by atoms with van der Waals surface area (Å²) in [4.78, 5) is 42.9. The summed E-state index contributed by atoms with van der Waals surface area (Å²) >= 11 is 0. The maximum atomic E-state index is 13.5. The van der Waals surface area contributed by atoms with Gasteiger partial charge in [-0.3, -0.25) is 9.59 Å². The predicted molar refractivity (Wildman–Crippen MR) is 146 cm³/mol.